The molecule has 1 aromatic heterocycles. The zero-order chi connectivity index (χ0) is 21.6. The number of rotatable bonds is 6. The molecular formula is C22H32N4O5. The first-order valence-electron chi connectivity index (χ1n) is 11.3. The molecule has 1 atom stereocenters. The number of nitrogens with zero attached hydrogens (tertiary/aromatic N) is 4. The number of likely N-dealkylation sites (tertiary alicyclic amines) is 1. The summed E-state index contributed by atoms with van der Waals surface area (Å²) in [6.45, 7) is 6.96. The van der Waals surface area contributed by atoms with Crippen molar-refractivity contribution in [3.8, 4) is 0 Å². The van der Waals surface area contributed by atoms with Gasteiger partial charge < -0.3 is 24.0 Å². The standard InChI is InChI=1S/C22H32N4O5/c1-2-29-22(28)31-19-7-11-24(12-8-19)15-20-16-26(21(27)30-20)18-5-13-25(14-6-18)17-3-9-23-10-4-17/h3-4,9-10,18-20H,2,5-8,11-16H2,1H3/t20-/m0/s1. The van der Waals surface area contributed by atoms with E-state index >= 15 is 0 Å². The highest BCUT2D eigenvalue weighted by Gasteiger charge is 2.38. The van der Waals surface area contributed by atoms with Crippen molar-refractivity contribution in [3.63, 3.8) is 0 Å². The number of amides is 1. The summed E-state index contributed by atoms with van der Waals surface area (Å²) in [4.78, 5) is 34.6. The summed E-state index contributed by atoms with van der Waals surface area (Å²) in [6.07, 6.45) is 6.10. The molecule has 0 aromatic carbocycles. The summed E-state index contributed by atoms with van der Waals surface area (Å²) >= 11 is 0. The van der Waals surface area contributed by atoms with Crippen LogP contribution in [0, 0.1) is 0 Å². The van der Waals surface area contributed by atoms with Crippen LogP contribution >= 0.6 is 0 Å². The Labute approximate surface area is 183 Å². The SMILES string of the molecule is CCOC(=O)OC1CCN(C[C@H]2CN(C3CCN(c4ccncc4)CC3)C(=O)O2)CC1. The van der Waals surface area contributed by atoms with Gasteiger partial charge >= 0.3 is 12.2 Å². The van der Waals surface area contributed by atoms with Gasteiger partial charge in [-0.05, 0) is 44.7 Å². The third-order valence-corrected chi connectivity index (χ3v) is 6.36. The van der Waals surface area contributed by atoms with E-state index in [-0.39, 0.29) is 24.3 Å². The van der Waals surface area contributed by atoms with Gasteiger partial charge in [-0.15, -0.1) is 0 Å². The molecular weight excluding hydrogens is 400 g/mol. The topological polar surface area (TPSA) is 84.4 Å². The minimum atomic E-state index is -0.587. The van der Waals surface area contributed by atoms with Crippen LogP contribution in [-0.2, 0) is 14.2 Å². The van der Waals surface area contributed by atoms with E-state index in [1.165, 1.54) is 5.69 Å². The normalized spacial score (nSPS) is 23.6. The second kappa shape index (κ2) is 10.2. The van der Waals surface area contributed by atoms with Crippen LogP contribution in [0.2, 0.25) is 0 Å². The summed E-state index contributed by atoms with van der Waals surface area (Å²) < 4.78 is 15.8. The Morgan fingerprint density at radius 1 is 1.13 bits per heavy atom. The van der Waals surface area contributed by atoms with E-state index < -0.39 is 6.16 Å². The molecule has 3 fully saturated rings. The number of piperidine rings is 2. The molecule has 1 aromatic rings. The third kappa shape index (κ3) is 5.58. The van der Waals surface area contributed by atoms with Crippen molar-refractivity contribution < 1.29 is 23.8 Å². The summed E-state index contributed by atoms with van der Waals surface area (Å²) in [7, 11) is 0. The van der Waals surface area contributed by atoms with Crippen molar-refractivity contribution >= 4 is 17.9 Å². The third-order valence-electron chi connectivity index (χ3n) is 6.36. The van der Waals surface area contributed by atoms with Crippen molar-refractivity contribution in [3.05, 3.63) is 24.5 Å². The van der Waals surface area contributed by atoms with Gasteiger partial charge in [0.05, 0.1) is 13.2 Å². The lowest BCUT2D eigenvalue weighted by molar-refractivity contribution is -0.00297. The molecule has 0 aliphatic carbocycles. The molecule has 0 N–H and O–H groups in total. The Bertz CT molecular complexity index is 733. The molecule has 1 amide bonds. The van der Waals surface area contributed by atoms with Gasteiger partial charge in [-0.2, -0.15) is 0 Å². The van der Waals surface area contributed by atoms with E-state index in [4.69, 9.17) is 14.2 Å². The van der Waals surface area contributed by atoms with Crippen LogP contribution in [0.25, 0.3) is 0 Å². The highest BCUT2D eigenvalue weighted by molar-refractivity contribution is 5.70. The quantitative estimate of drug-likeness (QED) is 0.634. The number of carbonyl (C=O) groups is 2. The molecule has 3 aliphatic rings. The molecule has 0 radical (unpaired) electrons. The van der Waals surface area contributed by atoms with E-state index in [1.54, 1.807) is 6.92 Å². The maximum Gasteiger partial charge on any atom is 0.508 e. The number of hydrogen-bond acceptors (Lipinski definition) is 8. The molecule has 0 bridgehead atoms. The lowest BCUT2D eigenvalue weighted by Crippen LogP contribution is -2.46. The van der Waals surface area contributed by atoms with Crippen LogP contribution in [0.4, 0.5) is 15.3 Å². The van der Waals surface area contributed by atoms with Crippen molar-refractivity contribution in [2.45, 2.75) is 50.9 Å². The summed E-state index contributed by atoms with van der Waals surface area (Å²) in [6, 6.07) is 4.29. The van der Waals surface area contributed by atoms with Gasteiger partial charge in [0, 0.05) is 56.8 Å². The Morgan fingerprint density at radius 2 is 1.84 bits per heavy atom. The molecule has 3 aliphatic heterocycles. The number of aromatic nitrogens is 1. The van der Waals surface area contributed by atoms with Gasteiger partial charge in [0.2, 0.25) is 0 Å². The number of ether oxygens (including phenoxy) is 3. The first kappa shape index (κ1) is 21.7. The largest absolute Gasteiger partial charge is 0.508 e. The molecule has 31 heavy (non-hydrogen) atoms. The lowest BCUT2D eigenvalue weighted by atomic mass is 10.0. The fraction of sp³-hybridized carbons (Fsp3) is 0.682. The van der Waals surface area contributed by atoms with Gasteiger partial charge in [-0.3, -0.25) is 9.88 Å². The van der Waals surface area contributed by atoms with Gasteiger partial charge in [0.25, 0.3) is 0 Å². The Kier molecular flexibility index (Phi) is 7.11. The average molecular weight is 433 g/mol. The summed E-state index contributed by atoms with van der Waals surface area (Å²) in [5, 5.41) is 0. The number of carbonyl (C=O) groups excluding carboxylic acids is 2. The van der Waals surface area contributed by atoms with Gasteiger partial charge in [0.1, 0.15) is 12.2 Å². The zero-order valence-corrected chi connectivity index (χ0v) is 18.1. The first-order chi connectivity index (χ1) is 15.1. The molecule has 0 saturated carbocycles. The Morgan fingerprint density at radius 3 is 2.52 bits per heavy atom. The molecule has 9 heteroatoms. The summed E-state index contributed by atoms with van der Waals surface area (Å²) in [5.74, 6) is 0. The second-order valence-corrected chi connectivity index (χ2v) is 8.38. The highest BCUT2D eigenvalue weighted by Crippen LogP contribution is 2.26. The van der Waals surface area contributed by atoms with Crippen molar-refractivity contribution in [2.24, 2.45) is 0 Å². The Hall–Kier alpha value is -2.55. The van der Waals surface area contributed by atoms with Gasteiger partial charge in [0.15, 0.2) is 0 Å². The molecule has 0 unspecified atom stereocenters. The van der Waals surface area contributed by atoms with Gasteiger partial charge in [-0.25, -0.2) is 9.59 Å². The maximum atomic E-state index is 12.5. The van der Waals surface area contributed by atoms with Crippen LogP contribution in [0.3, 0.4) is 0 Å². The second-order valence-electron chi connectivity index (χ2n) is 8.38. The van der Waals surface area contributed by atoms with Crippen molar-refractivity contribution in [2.75, 3.05) is 50.8 Å². The molecule has 170 valence electrons. The average Bonchev–Trinajstić information content (AvgIpc) is 3.16. The number of hydrogen-bond donors (Lipinski definition) is 0. The maximum absolute atomic E-state index is 12.5. The Balaban J connectivity index is 1.19. The van der Waals surface area contributed by atoms with E-state index in [0.717, 1.165) is 58.4 Å². The minimum absolute atomic E-state index is 0.0940. The van der Waals surface area contributed by atoms with Crippen molar-refractivity contribution in [1.29, 1.82) is 0 Å². The molecule has 9 nitrogen and oxygen atoms in total. The predicted molar refractivity (Wildman–Crippen MR) is 114 cm³/mol. The van der Waals surface area contributed by atoms with E-state index in [9.17, 15) is 9.59 Å². The van der Waals surface area contributed by atoms with E-state index in [2.05, 4.69) is 14.8 Å². The lowest BCUT2D eigenvalue weighted by Gasteiger charge is -2.37. The first-order valence-corrected chi connectivity index (χ1v) is 11.3. The fourth-order valence-electron chi connectivity index (χ4n) is 4.71. The monoisotopic (exact) mass is 432 g/mol. The minimum Gasteiger partial charge on any atom is -0.443 e. The zero-order valence-electron chi connectivity index (χ0n) is 18.1. The van der Waals surface area contributed by atoms with E-state index in [0.29, 0.717) is 13.2 Å². The molecule has 4 rings (SSSR count). The number of anilines is 1. The number of pyridine rings is 1. The van der Waals surface area contributed by atoms with Crippen LogP contribution in [0.1, 0.15) is 32.6 Å². The molecule has 4 heterocycles. The number of cyclic esters (lactones) is 1. The molecule has 3 saturated heterocycles. The molecule has 0 spiro atoms. The fourth-order valence-corrected chi connectivity index (χ4v) is 4.71. The highest BCUT2D eigenvalue weighted by atomic mass is 16.7. The van der Waals surface area contributed by atoms with Crippen LogP contribution in [-0.4, -0.2) is 91.2 Å². The van der Waals surface area contributed by atoms with Crippen LogP contribution < -0.4 is 4.90 Å². The van der Waals surface area contributed by atoms with Crippen LogP contribution in [0.15, 0.2) is 24.5 Å². The smallest absolute Gasteiger partial charge is 0.443 e. The van der Waals surface area contributed by atoms with Gasteiger partial charge in [-0.1, -0.05) is 0 Å². The van der Waals surface area contributed by atoms with Crippen LogP contribution in [0.5, 0.6) is 0 Å². The van der Waals surface area contributed by atoms with Crippen molar-refractivity contribution in [1.82, 2.24) is 14.8 Å². The summed E-state index contributed by atoms with van der Waals surface area (Å²) in [5.41, 5.74) is 1.19. The predicted octanol–water partition coefficient (Wildman–Crippen LogP) is 2.51. The van der Waals surface area contributed by atoms with E-state index in [1.807, 2.05) is 29.4 Å².